The molecule has 106 valence electrons. The van der Waals surface area contributed by atoms with Crippen LogP contribution in [0.25, 0.3) is 0 Å². The molecule has 2 aromatic rings. The van der Waals surface area contributed by atoms with Crippen LogP contribution in [0, 0.1) is 6.92 Å². The number of hydrogen-bond acceptors (Lipinski definition) is 4. The molecule has 20 heavy (non-hydrogen) atoms. The first-order valence-electron chi connectivity index (χ1n) is 6.65. The Kier molecular flexibility index (Phi) is 4.98. The smallest absolute Gasteiger partial charge is 0.251 e. The number of nitrogens with one attached hydrogen (secondary N) is 1. The fourth-order valence-corrected chi connectivity index (χ4v) is 3.16. The maximum absolute atomic E-state index is 11.5. The topological polar surface area (TPSA) is 71.8 Å². The average molecular weight is 289 g/mol. The van der Waals surface area contributed by atoms with Gasteiger partial charge in [-0.25, -0.2) is 4.98 Å². The van der Waals surface area contributed by atoms with Gasteiger partial charge < -0.3 is 10.7 Å². The molecule has 4 nitrogen and oxygen atoms in total. The van der Waals surface area contributed by atoms with Gasteiger partial charge in [-0.3, -0.25) is 4.79 Å². The van der Waals surface area contributed by atoms with Crippen molar-refractivity contribution < 1.29 is 0 Å². The molecule has 0 amide bonds. The Labute approximate surface area is 122 Å². The molecule has 0 aliphatic carbocycles. The molecular formula is C15H19N3OS. The third-order valence-corrected chi connectivity index (χ3v) is 4.44. The largest absolute Gasteiger partial charge is 0.323 e. The highest BCUT2D eigenvalue weighted by molar-refractivity contribution is 7.99. The second-order valence-corrected chi connectivity index (χ2v) is 5.92. The number of aromatic amines is 1. The van der Waals surface area contributed by atoms with Gasteiger partial charge in [-0.05, 0) is 18.9 Å². The van der Waals surface area contributed by atoms with Gasteiger partial charge in [-0.1, -0.05) is 49.0 Å². The fraction of sp³-hybridized carbons (Fsp3) is 0.333. The third-order valence-electron chi connectivity index (χ3n) is 3.10. The van der Waals surface area contributed by atoms with E-state index in [1.54, 1.807) is 0 Å². The van der Waals surface area contributed by atoms with Gasteiger partial charge in [-0.15, -0.1) is 0 Å². The zero-order valence-corrected chi connectivity index (χ0v) is 12.5. The molecule has 2 rings (SSSR count). The first-order valence-corrected chi connectivity index (χ1v) is 7.53. The summed E-state index contributed by atoms with van der Waals surface area (Å²) in [5.41, 5.74) is 8.03. The Balaban J connectivity index is 2.18. The van der Waals surface area contributed by atoms with Crippen molar-refractivity contribution in [1.29, 1.82) is 0 Å². The summed E-state index contributed by atoms with van der Waals surface area (Å²) < 4.78 is 0. The number of nitrogens with zero attached hydrogens (tertiary/aromatic N) is 1. The van der Waals surface area contributed by atoms with Gasteiger partial charge in [0, 0.05) is 23.1 Å². The second-order valence-electron chi connectivity index (χ2n) is 4.69. The molecule has 3 N–H and O–H groups in total. The zero-order valence-electron chi connectivity index (χ0n) is 11.7. The van der Waals surface area contributed by atoms with E-state index >= 15 is 0 Å². The van der Waals surface area contributed by atoms with E-state index in [2.05, 4.69) is 16.9 Å². The quantitative estimate of drug-likeness (QED) is 0.655. The highest BCUT2D eigenvalue weighted by Crippen LogP contribution is 2.30. The van der Waals surface area contributed by atoms with Gasteiger partial charge in [-0.2, -0.15) is 0 Å². The predicted octanol–water partition coefficient (Wildman–Crippen LogP) is 2.65. The Bertz CT molecular complexity index is 612. The lowest BCUT2D eigenvalue weighted by Crippen LogP contribution is -2.24. The lowest BCUT2D eigenvalue weighted by Gasteiger charge is -2.22. The fourth-order valence-electron chi connectivity index (χ4n) is 2.05. The van der Waals surface area contributed by atoms with E-state index in [1.165, 1.54) is 17.8 Å². The highest BCUT2D eigenvalue weighted by Gasteiger charge is 2.20. The lowest BCUT2D eigenvalue weighted by atomic mass is 10.0. The van der Waals surface area contributed by atoms with Crippen LogP contribution < -0.4 is 11.3 Å². The van der Waals surface area contributed by atoms with Crippen molar-refractivity contribution in [3.8, 4) is 0 Å². The molecule has 0 fully saturated rings. The van der Waals surface area contributed by atoms with Crippen molar-refractivity contribution in [2.24, 2.45) is 5.73 Å². The first-order chi connectivity index (χ1) is 9.60. The van der Waals surface area contributed by atoms with Crippen molar-refractivity contribution in [1.82, 2.24) is 9.97 Å². The average Bonchev–Trinajstić information content (AvgIpc) is 2.44. The summed E-state index contributed by atoms with van der Waals surface area (Å²) in [6.07, 6.45) is 0.901. The minimum atomic E-state index is -0.122. The maximum atomic E-state index is 11.5. The molecule has 1 aromatic heterocycles. The first kappa shape index (κ1) is 14.8. The maximum Gasteiger partial charge on any atom is 0.251 e. The summed E-state index contributed by atoms with van der Waals surface area (Å²) in [6.45, 7) is 3.91. The van der Waals surface area contributed by atoms with E-state index in [0.29, 0.717) is 5.16 Å². The third kappa shape index (κ3) is 3.71. The molecule has 0 aliphatic rings. The van der Waals surface area contributed by atoms with Gasteiger partial charge >= 0.3 is 0 Å². The molecule has 1 aromatic carbocycles. The van der Waals surface area contributed by atoms with Crippen LogP contribution in [-0.2, 0) is 0 Å². The van der Waals surface area contributed by atoms with Crippen LogP contribution in [-0.4, -0.2) is 15.2 Å². The number of nitrogens with two attached hydrogens (primary N) is 1. The van der Waals surface area contributed by atoms with Gasteiger partial charge in [0.15, 0.2) is 5.16 Å². The SMILES string of the molecule is CCC(Sc1nc(C)cc(=O)[nH]1)C(N)c1ccccc1. The Morgan fingerprint density at radius 2 is 2.05 bits per heavy atom. The molecule has 1 heterocycles. The monoisotopic (exact) mass is 289 g/mol. The Hall–Kier alpha value is -1.59. The number of hydrogen-bond donors (Lipinski definition) is 2. The molecule has 0 saturated heterocycles. The van der Waals surface area contributed by atoms with Crippen LogP contribution in [0.3, 0.4) is 0 Å². The highest BCUT2D eigenvalue weighted by atomic mass is 32.2. The second kappa shape index (κ2) is 6.72. The van der Waals surface area contributed by atoms with Crippen molar-refractivity contribution in [3.63, 3.8) is 0 Å². The standard InChI is InChI=1S/C15H19N3OS/c1-3-12(14(16)11-7-5-4-6-8-11)20-15-17-10(2)9-13(19)18-15/h4-9,12,14H,3,16H2,1-2H3,(H,17,18,19). The van der Waals surface area contributed by atoms with E-state index in [4.69, 9.17) is 5.73 Å². The summed E-state index contributed by atoms with van der Waals surface area (Å²) in [6, 6.07) is 11.4. The van der Waals surface area contributed by atoms with E-state index < -0.39 is 0 Å². The number of H-pyrrole nitrogens is 1. The van der Waals surface area contributed by atoms with Gasteiger partial charge in [0.1, 0.15) is 0 Å². The van der Waals surface area contributed by atoms with E-state index in [1.807, 2.05) is 37.3 Å². The Morgan fingerprint density at radius 1 is 1.35 bits per heavy atom. The molecule has 0 spiro atoms. The summed E-state index contributed by atoms with van der Waals surface area (Å²) in [4.78, 5) is 18.6. The molecule has 2 unspecified atom stereocenters. The van der Waals surface area contributed by atoms with Gasteiger partial charge in [0.2, 0.25) is 0 Å². The van der Waals surface area contributed by atoms with Crippen molar-refractivity contribution in [3.05, 3.63) is 58.0 Å². The van der Waals surface area contributed by atoms with Crippen molar-refractivity contribution in [2.75, 3.05) is 0 Å². The van der Waals surface area contributed by atoms with Crippen LogP contribution in [0.2, 0.25) is 0 Å². The number of benzene rings is 1. The van der Waals surface area contributed by atoms with E-state index in [-0.39, 0.29) is 16.9 Å². The van der Waals surface area contributed by atoms with Crippen molar-refractivity contribution >= 4 is 11.8 Å². The molecule has 2 atom stereocenters. The lowest BCUT2D eigenvalue weighted by molar-refractivity contribution is 0.653. The van der Waals surface area contributed by atoms with Crippen LogP contribution in [0.15, 0.2) is 46.3 Å². The molecule has 0 bridgehead atoms. The molecule has 0 saturated carbocycles. The minimum absolute atomic E-state index is 0.0861. The molecule has 0 aliphatic heterocycles. The number of rotatable bonds is 5. The summed E-state index contributed by atoms with van der Waals surface area (Å²) >= 11 is 1.53. The number of aryl methyl sites for hydroxylation is 1. The predicted molar refractivity (Wildman–Crippen MR) is 82.9 cm³/mol. The number of thioether (sulfide) groups is 1. The molecule has 5 heteroatoms. The van der Waals surface area contributed by atoms with E-state index in [9.17, 15) is 4.79 Å². The normalized spacial score (nSPS) is 13.9. The number of aromatic nitrogens is 2. The summed E-state index contributed by atoms with van der Waals surface area (Å²) in [7, 11) is 0. The van der Waals surface area contributed by atoms with Crippen LogP contribution in [0.5, 0.6) is 0 Å². The van der Waals surface area contributed by atoms with E-state index in [0.717, 1.165) is 17.7 Å². The molecule has 0 radical (unpaired) electrons. The van der Waals surface area contributed by atoms with Gasteiger partial charge in [0.25, 0.3) is 5.56 Å². The van der Waals surface area contributed by atoms with Crippen LogP contribution in [0.4, 0.5) is 0 Å². The zero-order chi connectivity index (χ0) is 14.5. The summed E-state index contributed by atoms with van der Waals surface area (Å²) in [5, 5.41) is 0.801. The van der Waals surface area contributed by atoms with Crippen LogP contribution >= 0.6 is 11.8 Å². The minimum Gasteiger partial charge on any atom is -0.323 e. The summed E-state index contributed by atoms with van der Waals surface area (Å²) in [5.74, 6) is 0. The Morgan fingerprint density at radius 3 is 2.65 bits per heavy atom. The van der Waals surface area contributed by atoms with Gasteiger partial charge in [0.05, 0.1) is 0 Å². The van der Waals surface area contributed by atoms with Crippen molar-refractivity contribution in [2.45, 2.75) is 36.7 Å². The van der Waals surface area contributed by atoms with Crippen LogP contribution in [0.1, 0.15) is 30.6 Å². The molecular weight excluding hydrogens is 270 g/mol.